The zero-order valence-electron chi connectivity index (χ0n) is 11.3. The van der Waals surface area contributed by atoms with Crippen LogP contribution < -0.4 is 4.90 Å². The van der Waals surface area contributed by atoms with E-state index in [1.165, 1.54) is 12.0 Å². The second-order valence-electron chi connectivity index (χ2n) is 4.73. The van der Waals surface area contributed by atoms with Crippen molar-refractivity contribution in [2.75, 3.05) is 18.6 Å². The molecule has 0 aromatic heterocycles. The van der Waals surface area contributed by atoms with Crippen molar-refractivity contribution in [3.8, 4) is 0 Å². The van der Waals surface area contributed by atoms with Crippen LogP contribution in [0.4, 0.5) is 5.69 Å². The summed E-state index contributed by atoms with van der Waals surface area (Å²) in [5.41, 5.74) is 1.63. The molecule has 1 atom stereocenters. The van der Waals surface area contributed by atoms with Crippen LogP contribution in [0.15, 0.2) is 18.2 Å². The molecule has 1 aliphatic heterocycles. The van der Waals surface area contributed by atoms with E-state index in [1.54, 1.807) is 25.1 Å². The van der Waals surface area contributed by atoms with Gasteiger partial charge in [0.2, 0.25) is 5.91 Å². The van der Waals surface area contributed by atoms with Crippen molar-refractivity contribution in [2.24, 2.45) is 5.92 Å². The number of amides is 1. The Morgan fingerprint density at radius 1 is 1.40 bits per heavy atom. The smallest absolute Gasteiger partial charge is 0.338 e. The third-order valence-corrected chi connectivity index (χ3v) is 3.41. The van der Waals surface area contributed by atoms with Gasteiger partial charge >= 0.3 is 11.9 Å². The second-order valence-corrected chi connectivity index (χ2v) is 4.73. The fourth-order valence-corrected chi connectivity index (χ4v) is 2.23. The van der Waals surface area contributed by atoms with Crippen LogP contribution >= 0.6 is 0 Å². The molecule has 6 heteroatoms. The summed E-state index contributed by atoms with van der Waals surface area (Å²) >= 11 is 0. The molecule has 20 heavy (non-hydrogen) atoms. The number of carbonyl (C=O) groups excluding carboxylic acids is 2. The van der Waals surface area contributed by atoms with Crippen molar-refractivity contribution in [1.29, 1.82) is 0 Å². The molecule has 0 saturated carbocycles. The van der Waals surface area contributed by atoms with E-state index in [2.05, 4.69) is 4.74 Å². The molecule has 1 saturated heterocycles. The Labute approximate surface area is 115 Å². The molecule has 0 bridgehead atoms. The number of anilines is 1. The lowest BCUT2D eigenvalue weighted by atomic mass is 10.1. The van der Waals surface area contributed by atoms with E-state index >= 15 is 0 Å². The maximum absolute atomic E-state index is 11.9. The topological polar surface area (TPSA) is 83.9 Å². The molecule has 0 aliphatic carbocycles. The van der Waals surface area contributed by atoms with Crippen LogP contribution in [0.1, 0.15) is 22.3 Å². The molecule has 6 nitrogen and oxygen atoms in total. The molecule has 2 rings (SSSR count). The number of hydrogen-bond donors (Lipinski definition) is 1. The highest BCUT2D eigenvalue weighted by atomic mass is 16.5. The summed E-state index contributed by atoms with van der Waals surface area (Å²) in [6.45, 7) is 1.89. The SMILES string of the molecule is COC(=O)c1cc(N2CC(C(=O)O)CC2=O)ccc1C. The van der Waals surface area contributed by atoms with E-state index in [4.69, 9.17) is 5.11 Å². The Morgan fingerprint density at radius 2 is 2.10 bits per heavy atom. The summed E-state index contributed by atoms with van der Waals surface area (Å²) < 4.78 is 4.68. The van der Waals surface area contributed by atoms with Gasteiger partial charge in [-0.15, -0.1) is 0 Å². The quantitative estimate of drug-likeness (QED) is 0.840. The Bertz CT molecular complexity index is 581. The van der Waals surface area contributed by atoms with E-state index in [0.717, 1.165) is 5.56 Å². The summed E-state index contributed by atoms with van der Waals surface area (Å²) in [4.78, 5) is 35.8. The van der Waals surface area contributed by atoms with E-state index < -0.39 is 17.9 Å². The summed E-state index contributed by atoms with van der Waals surface area (Å²) in [6.07, 6.45) is -0.0171. The van der Waals surface area contributed by atoms with Gasteiger partial charge in [-0.05, 0) is 24.6 Å². The molecule has 106 valence electrons. The number of carbonyl (C=O) groups is 3. The Hall–Kier alpha value is -2.37. The minimum absolute atomic E-state index is 0.0171. The van der Waals surface area contributed by atoms with Crippen LogP contribution in [0.25, 0.3) is 0 Å². The van der Waals surface area contributed by atoms with Gasteiger partial charge in [-0.2, -0.15) is 0 Å². The maximum atomic E-state index is 11.9. The highest BCUT2D eigenvalue weighted by molar-refractivity contribution is 6.00. The van der Waals surface area contributed by atoms with Crippen molar-refractivity contribution < 1.29 is 24.2 Å². The van der Waals surface area contributed by atoms with Gasteiger partial charge in [-0.3, -0.25) is 9.59 Å². The Kier molecular flexibility index (Phi) is 3.74. The van der Waals surface area contributed by atoms with Crippen molar-refractivity contribution >= 4 is 23.5 Å². The van der Waals surface area contributed by atoms with Crippen LogP contribution in [0.5, 0.6) is 0 Å². The number of methoxy groups -OCH3 is 1. The zero-order valence-corrected chi connectivity index (χ0v) is 11.3. The number of aryl methyl sites for hydroxylation is 1. The van der Waals surface area contributed by atoms with Crippen LogP contribution in [0.2, 0.25) is 0 Å². The number of carboxylic acids is 1. The minimum Gasteiger partial charge on any atom is -0.481 e. The van der Waals surface area contributed by atoms with E-state index in [0.29, 0.717) is 11.3 Å². The number of rotatable bonds is 3. The fourth-order valence-electron chi connectivity index (χ4n) is 2.23. The third-order valence-electron chi connectivity index (χ3n) is 3.41. The molecule has 0 radical (unpaired) electrons. The largest absolute Gasteiger partial charge is 0.481 e. The molecular formula is C14H15NO5. The zero-order chi connectivity index (χ0) is 14.9. The van der Waals surface area contributed by atoms with E-state index in [-0.39, 0.29) is 18.9 Å². The number of esters is 1. The van der Waals surface area contributed by atoms with Gasteiger partial charge in [-0.25, -0.2) is 4.79 Å². The molecule has 1 aromatic carbocycles. The van der Waals surface area contributed by atoms with Crippen LogP contribution in [-0.4, -0.2) is 36.6 Å². The monoisotopic (exact) mass is 277 g/mol. The normalized spacial score (nSPS) is 18.2. The fraction of sp³-hybridized carbons (Fsp3) is 0.357. The third kappa shape index (κ3) is 2.49. The lowest BCUT2D eigenvalue weighted by Crippen LogP contribution is -2.26. The number of carboxylic acid groups (broad SMARTS) is 1. The summed E-state index contributed by atoms with van der Waals surface area (Å²) in [5.74, 6) is -2.42. The average Bonchev–Trinajstić information content (AvgIpc) is 2.81. The molecule has 1 unspecified atom stereocenters. The summed E-state index contributed by atoms with van der Waals surface area (Å²) in [6, 6.07) is 4.97. The number of hydrogen-bond acceptors (Lipinski definition) is 4. The van der Waals surface area contributed by atoms with Crippen molar-refractivity contribution in [3.63, 3.8) is 0 Å². The highest BCUT2D eigenvalue weighted by Crippen LogP contribution is 2.27. The average molecular weight is 277 g/mol. The first-order valence-corrected chi connectivity index (χ1v) is 6.16. The number of nitrogens with zero attached hydrogens (tertiary/aromatic N) is 1. The lowest BCUT2D eigenvalue weighted by molar-refractivity contribution is -0.141. The molecule has 1 heterocycles. The first-order valence-electron chi connectivity index (χ1n) is 6.16. The van der Waals surface area contributed by atoms with Gasteiger partial charge in [0.15, 0.2) is 0 Å². The first-order chi connectivity index (χ1) is 9.43. The first kappa shape index (κ1) is 14.0. The van der Waals surface area contributed by atoms with Crippen molar-refractivity contribution in [3.05, 3.63) is 29.3 Å². The Balaban J connectivity index is 2.32. The number of benzene rings is 1. The Morgan fingerprint density at radius 3 is 2.65 bits per heavy atom. The van der Waals surface area contributed by atoms with Gasteiger partial charge in [0.1, 0.15) is 0 Å². The van der Waals surface area contributed by atoms with Gasteiger partial charge in [0, 0.05) is 18.7 Å². The highest BCUT2D eigenvalue weighted by Gasteiger charge is 2.35. The molecule has 1 N–H and O–H groups in total. The molecule has 1 aliphatic rings. The van der Waals surface area contributed by atoms with Crippen LogP contribution in [0, 0.1) is 12.8 Å². The van der Waals surface area contributed by atoms with Crippen LogP contribution in [0.3, 0.4) is 0 Å². The minimum atomic E-state index is -0.985. The van der Waals surface area contributed by atoms with E-state index in [9.17, 15) is 14.4 Å². The summed E-state index contributed by atoms with van der Waals surface area (Å²) in [5, 5.41) is 8.97. The molecule has 0 spiro atoms. The van der Waals surface area contributed by atoms with Gasteiger partial charge < -0.3 is 14.7 Å². The van der Waals surface area contributed by atoms with Crippen LogP contribution in [-0.2, 0) is 14.3 Å². The predicted molar refractivity (Wildman–Crippen MR) is 70.6 cm³/mol. The standard InChI is InChI=1S/C14H15NO5/c1-8-3-4-10(6-11(8)14(19)20-2)15-7-9(13(17)18)5-12(15)16/h3-4,6,9H,5,7H2,1-2H3,(H,17,18). The molecular weight excluding hydrogens is 262 g/mol. The van der Waals surface area contributed by atoms with Crippen molar-refractivity contribution in [1.82, 2.24) is 0 Å². The molecule has 1 fully saturated rings. The van der Waals surface area contributed by atoms with Gasteiger partial charge in [0.25, 0.3) is 0 Å². The predicted octanol–water partition coefficient (Wildman–Crippen LogP) is 1.22. The van der Waals surface area contributed by atoms with E-state index in [1.807, 2.05) is 0 Å². The molecule has 1 amide bonds. The number of aliphatic carboxylic acids is 1. The van der Waals surface area contributed by atoms with Gasteiger partial charge in [-0.1, -0.05) is 6.07 Å². The maximum Gasteiger partial charge on any atom is 0.338 e. The molecule has 1 aromatic rings. The van der Waals surface area contributed by atoms with Crippen molar-refractivity contribution in [2.45, 2.75) is 13.3 Å². The lowest BCUT2D eigenvalue weighted by Gasteiger charge is -2.17. The number of ether oxygens (including phenoxy) is 1. The van der Waals surface area contributed by atoms with Gasteiger partial charge in [0.05, 0.1) is 18.6 Å². The second kappa shape index (κ2) is 5.32. The summed E-state index contributed by atoms with van der Waals surface area (Å²) in [7, 11) is 1.29.